The second-order valence-electron chi connectivity index (χ2n) is 7.98. The molecule has 13 heteroatoms. The van der Waals surface area contributed by atoms with Gasteiger partial charge >= 0.3 is 12.7 Å². The van der Waals surface area contributed by atoms with E-state index in [9.17, 15) is 26.7 Å². The van der Waals surface area contributed by atoms with E-state index < -0.39 is 24.3 Å². The fraction of sp³-hybridized carbons (Fsp3) is 0.381. The van der Waals surface area contributed by atoms with Gasteiger partial charge in [-0.3, -0.25) is 4.79 Å². The molecule has 0 spiro atoms. The van der Waals surface area contributed by atoms with Crippen LogP contribution in [0, 0.1) is 0 Å². The molecule has 2 N–H and O–H groups in total. The van der Waals surface area contributed by atoms with E-state index >= 15 is 0 Å². The first-order valence-electron chi connectivity index (χ1n) is 10.3. The van der Waals surface area contributed by atoms with Gasteiger partial charge in [0.15, 0.2) is 5.15 Å². The van der Waals surface area contributed by atoms with Gasteiger partial charge in [-0.1, -0.05) is 23.2 Å². The Morgan fingerprint density at radius 1 is 1.15 bits per heavy atom. The monoisotopic (exact) mass is 521 g/mol. The Morgan fingerprint density at radius 2 is 1.88 bits per heavy atom. The summed E-state index contributed by atoms with van der Waals surface area (Å²) in [4.78, 5) is 16.2. The first-order chi connectivity index (χ1) is 16.0. The molecule has 6 nitrogen and oxygen atoms in total. The third-order valence-corrected chi connectivity index (χ3v) is 6.08. The smallest absolute Gasteiger partial charge is 0.382 e. The number of hydrogen-bond donors (Lipinski definition) is 2. The van der Waals surface area contributed by atoms with Crippen molar-refractivity contribution in [3.63, 3.8) is 0 Å². The highest BCUT2D eigenvalue weighted by Gasteiger charge is 2.34. The second-order valence-corrected chi connectivity index (χ2v) is 8.78. The minimum atomic E-state index is -4.63. The Balaban J connectivity index is 1.52. The van der Waals surface area contributed by atoms with E-state index in [1.54, 1.807) is 0 Å². The number of aromatic nitrogens is 3. The Labute approximate surface area is 200 Å². The molecule has 0 saturated heterocycles. The van der Waals surface area contributed by atoms with Crippen molar-refractivity contribution in [3.05, 3.63) is 51.9 Å². The summed E-state index contributed by atoms with van der Waals surface area (Å²) in [6.07, 6.45) is -1.41. The van der Waals surface area contributed by atoms with Crippen molar-refractivity contribution in [2.45, 2.75) is 50.5 Å². The zero-order chi connectivity index (χ0) is 24.6. The number of rotatable bonds is 5. The van der Waals surface area contributed by atoms with E-state index in [0.717, 1.165) is 12.3 Å². The number of carbonyl (C=O) groups excluding carboxylic acids is 1. The maximum atomic E-state index is 13.4. The van der Waals surface area contributed by atoms with Gasteiger partial charge in [0.25, 0.3) is 5.91 Å². The van der Waals surface area contributed by atoms with E-state index in [1.165, 1.54) is 18.2 Å². The average Bonchev–Trinajstić information content (AvgIpc) is 3.16. The quantitative estimate of drug-likeness (QED) is 0.386. The fourth-order valence-corrected chi connectivity index (χ4v) is 4.41. The van der Waals surface area contributed by atoms with Gasteiger partial charge < -0.3 is 10.6 Å². The fourth-order valence-electron chi connectivity index (χ4n) is 4.02. The number of amides is 1. The van der Waals surface area contributed by atoms with E-state index in [-0.39, 0.29) is 34.0 Å². The van der Waals surface area contributed by atoms with Gasteiger partial charge in [-0.25, -0.2) is 9.67 Å². The second kappa shape index (κ2) is 9.53. The number of nitrogens with zero attached hydrogens (tertiary/aromatic N) is 3. The Morgan fingerprint density at radius 3 is 2.56 bits per heavy atom. The first kappa shape index (κ1) is 24.5. The largest absolute Gasteiger partial charge is 0.433 e. The van der Waals surface area contributed by atoms with Crippen LogP contribution in [0.3, 0.4) is 0 Å². The van der Waals surface area contributed by atoms with Gasteiger partial charge in [-0.15, -0.1) is 0 Å². The zero-order valence-corrected chi connectivity index (χ0v) is 18.9. The third kappa shape index (κ3) is 5.35. The number of carbonyl (C=O) groups is 1. The molecule has 2 atom stereocenters. The lowest BCUT2D eigenvalue weighted by Gasteiger charge is -2.31. The van der Waals surface area contributed by atoms with Gasteiger partial charge in [0.2, 0.25) is 0 Å². The summed E-state index contributed by atoms with van der Waals surface area (Å²) in [5, 5.41) is 9.76. The Bertz CT molecular complexity index is 1220. The van der Waals surface area contributed by atoms with E-state index in [4.69, 9.17) is 23.2 Å². The van der Waals surface area contributed by atoms with Crippen molar-refractivity contribution in [2.75, 3.05) is 5.32 Å². The topological polar surface area (TPSA) is 71.8 Å². The highest BCUT2D eigenvalue weighted by molar-refractivity contribution is 6.32. The van der Waals surface area contributed by atoms with Gasteiger partial charge in [-0.2, -0.15) is 27.1 Å². The number of alkyl halides is 5. The van der Waals surface area contributed by atoms with Gasteiger partial charge in [0.1, 0.15) is 5.69 Å². The highest BCUT2D eigenvalue weighted by atomic mass is 35.5. The van der Waals surface area contributed by atoms with E-state index in [1.807, 2.05) is 0 Å². The lowest BCUT2D eigenvalue weighted by Crippen LogP contribution is -2.41. The standard InChI is InChI=1S/C21H18Cl2F5N5O/c22-10-4-5-15-13(6-10)16(8-17(31-15)21(26,27)28)29-11-2-1-3-12(7-11)30-19(34)14-9-33(20(24)25)32-18(14)23/h4-6,8-9,11-12,20H,1-3,7H2,(H,29,31)(H,30,34)/t11-,12+/m0/s1. The maximum absolute atomic E-state index is 13.4. The van der Waals surface area contributed by atoms with Crippen LogP contribution in [0.25, 0.3) is 10.9 Å². The van der Waals surface area contributed by atoms with Gasteiger partial charge in [0.05, 0.1) is 11.1 Å². The van der Waals surface area contributed by atoms with Crippen molar-refractivity contribution in [1.82, 2.24) is 20.1 Å². The van der Waals surface area contributed by atoms with Crippen LogP contribution in [0.2, 0.25) is 10.2 Å². The van der Waals surface area contributed by atoms with Crippen molar-refractivity contribution >= 4 is 45.7 Å². The van der Waals surface area contributed by atoms with Crippen molar-refractivity contribution in [3.8, 4) is 0 Å². The van der Waals surface area contributed by atoms with Gasteiger partial charge in [0, 0.05) is 34.4 Å². The summed E-state index contributed by atoms with van der Waals surface area (Å²) in [6, 6.07) is 4.77. The van der Waals surface area contributed by atoms with Gasteiger partial charge in [-0.05, 0) is 49.9 Å². The molecule has 2 aromatic heterocycles. The summed E-state index contributed by atoms with van der Waals surface area (Å²) in [5.74, 6) is -0.650. The molecular formula is C21H18Cl2F5N5O. The molecule has 4 rings (SSSR count). The molecule has 1 aromatic carbocycles. The molecule has 1 amide bonds. The number of halogens is 7. The van der Waals surface area contributed by atoms with Crippen molar-refractivity contribution in [1.29, 1.82) is 0 Å². The van der Waals surface area contributed by atoms with Crippen molar-refractivity contribution in [2.24, 2.45) is 0 Å². The molecule has 0 aliphatic heterocycles. The predicted molar refractivity (Wildman–Crippen MR) is 117 cm³/mol. The zero-order valence-electron chi connectivity index (χ0n) is 17.3. The number of nitrogens with one attached hydrogen (secondary N) is 2. The highest BCUT2D eigenvalue weighted by Crippen LogP contribution is 2.35. The minimum Gasteiger partial charge on any atom is -0.382 e. The van der Waals surface area contributed by atoms with E-state index in [2.05, 4.69) is 20.7 Å². The van der Waals surface area contributed by atoms with Crippen LogP contribution in [0.4, 0.5) is 27.6 Å². The molecule has 182 valence electrons. The number of pyridine rings is 1. The summed E-state index contributed by atoms with van der Waals surface area (Å²) in [7, 11) is 0. The molecule has 0 unspecified atom stereocenters. The summed E-state index contributed by atoms with van der Waals surface area (Å²) in [6.45, 7) is -2.94. The average molecular weight is 522 g/mol. The van der Waals surface area contributed by atoms with Crippen LogP contribution in [-0.2, 0) is 6.18 Å². The van der Waals surface area contributed by atoms with Crippen LogP contribution < -0.4 is 10.6 Å². The SMILES string of the molecule is O=C(N[C@@H]1CCC[C@H](Nc2cc(C(F)(F)F)nc3ccc(Cl)cc23)C1)c1cn(C(F)F)nc1Cl. The molecule has 0 bridgehead atoms. The Kier molecular flexibility index (Phi) is 6.86. The van der Waals surface area contributed by atoms with Crippen LogP contribution in [0.5, 0.6) is 0 Å². The molecule has 3 aromatic rings. The molecule has 2 heterocycles. The van der Waals surface area contributed by atoms with Crippen LogP contribution in [0.1, 0.15) is 48.3 Å². The summed E-state index contributed by atoms with van der Waals surface area (Å²) < 4.78 is 66.0. The van der Waals surface area contributed by atoms with Crippen LogP contribution in [-0.4, -0.2) is 32.8 Å². The Hall–Kier alpha value is -2.66. The molecule has 1 fully saturated rings. The predicted octanol–water partition coefficient (Wildman–Crippen LogP) is 6.31. The lowest BCUT2D eigenvalue weighted by atomic mass is 9.90. The summed E-state index contributed by atoms with van der Waals surface area (Å²) >= 11 is 11.9. The first-order valence-corrected chi connectivity index (χ1v) is 11.0. The number of anilines is 1. The molecule has 1 aliphatic rings. The molecule has 34 heavy (non-hydrogen) atoms. The minimum absolute atomic E-state index is 0.146. The van der Waals surface area contributed by atoms with Crippen LogP contribution in [0.15, 0.2) is 30.5 Å². The number of fused-ring (bicyclic) bond motifs is 1. The lowest BCUT2D eigenvalue weighted by molar-refractivity contribution is -0.140. The molecular weight excluding hydrogens is 504 g/mol. The number of benzene rings is 1. The van der Waals surface area contributed by atoms with Crippen molar-refractivity contribution < 1.29 is 26.7 Å². The molecule has 0 radical (unpaired) electrons. The number of hydrogen-bond acceptors (Lipinski definition) is 4. The third-order valence-electron chi connectivity index (χ3n) is 5.56. The van der Waals surface area contributed by atoms with Crippen LogP contribution >= 0.6 is 23.2 Å². The maximum Gasteiger partial charge on any atom is 0.433 e. The van der Waals surface area contributed by atoms with E-state index in [0.29, 0.717) is 40.8 Å². The molecule has 1 saturated carbocycles. The summed E-state index contributed by atoms with van der Waals surface area (Å²) in [5.41, 5.74) is -0.830. The normalized spacial score (nSPS) is 18.9. The molecule has 1 aliphatic carbocycles.